The van der Waals surface area contributed by atoms with E-state index >= 15 is 0 Å². The molecule has 0 bridgehead atoms. The lowest BCUT2D eigenvalue weighted by Gasteiger charge is -2.18. The number of ether oxygens (including phenoxy) is 1. The number of benzene rings is 4. The maximum Gasteiger partial charge on any atom is 0.253 e. The number of hydrogen-bond donors (Lipinski definition) is 2. The molecule has 0 atom stereocenters. The van der Waals surface area contributed by atoms with Crippen molar-refractivity contribution in [1.82, 2.24) is 4.90 Å². The van der Waals surface area contributed by atoms with E-state index in [1.54, 1.807) is 36.2 Å². The molecule has 0 fully saturated rings. The van der Waals surface area contributed by atoms with Crippen molar-refractivity contribution < 1.29 is 14.3 Å². The summed E-state index contributed by atoms with van der Waals surface area (Å²) in [4.78, 5) is 27.1. The molecule has 6 heteroatoms. The first-order chi connectivity index (χ1) is 18.6. The Morgan fingerprint density at radius 1 is 0.763 bits per heavy atom. The number of amides is 2. The quantitative estimate of drug-likeness (QED) is 0.230. The highest BCUT2D eigenvalue weighted by molar-refractivity contribution is 5.98. The zero-order chi connectivity index (χ0) is 26.6. The van der Waals surface area contributed by atoms with Crippen LogP contribution in [0.2, 0.25) is 0 Å². The van der Waals surface area contributed by atoms with Gasteiger partial charge in [0.05, 0.1) is 13.2 Å². The van der Waals surface area contributed by atoms with Crippen molar-refractivity contribution in [3.8, 4) is 5.75 Å². The highest BCUT2D eigenvalue weighted by atomic mass is 16.5. The van der Waals surface area contributed by atoms with Gasteiger partial charge >= 0.3 is 0 Å². The molecule has 4 aromatic rings. The minimum atomic E-state index is -0.207. The van der Waals surface area contributed by atoms with Crippen LogP contribution >= 0.6 is 0 Å². The summed E-state index contributed by atoms with van der Waals surface area (Å²) in [6.45, 7) is 1.22. The van der Waals surface area contributed by atoms with Gasteiger partial charge in [-0.1, -0.05) is 72.8 Å². The van der Waals surface area contributed by atoms with Crippen molar-refractivity contribution in [3.05, 3.63) is 126 Å². The molecule has 194 valence electrons. The van der Waals surface area contributed by atoms with E-state index in [1.165, 1.54) is 5.56 Å². The molecule has 0 saturated carbocycles. The van der Waals surface area contributed by atoms with E-state index in [1.807, 2.05) is 72.8 Å². The van der Waals surface area contributed by atoms with Crippen LogP contribution in [0, 0.1) is 0 Å². The van der Waals surface area contributed by atoms with Crippen LogP contribution in [-0.2, 0) is 17.8 Å². The number of carbonyl (C=O) groups excluding carboxylic acids is 2. The third-order valence-corrected chi connectivity index (χ3v) is 6.01. The first-order valence-electron chi connectivity index (χ1n) is 12.8. The van der Waals surface area contributed by atoms with Crippen molar-refractivity contribution in [3.63, 3.8) is 0 Å². The molecule has 2 N–H and O–H groups in total. The van der Waals surface area contributed by atoms with Crippen LogP contribution in [0.3, 0.4) is 0 Å². The summed E-state index contributed by atoms with van der Waals surface area (Å²) in [5.74, 6) is 0.444. The summed E-state index contributed by atoms with van der Waals surface area (Å²) in [7, 11) is 1.77. The van der Waals surface area contributed by atoms with Gasteiger partial charge in [0.1, 0.15) is 5.75 Å². The maximum atomic E-state index is 12.9. The Hall–Kier alpha value is -4.58. The number of aryl methyl sites for hydroxylation is 1. The molecule has 4 rings (SSSR count). The largest absolute Gasteiger partial charge is 0.494 e. The second kappa shape index (κ2) is 13.7. The highest BCUT2D eigenvalue weighted by Gasteiger charge is 2.13. The van der Waals surface area contributed by atoms with E-state index < -0.39 is 0 Å². The number of nitrogens with zero attached hydrogens (tertiary/aromatic N) is 1. The predicted molar refractivity (Wildman–Crippen MR) is 153 cm³/mol. The predicted octanol–water partition coefficient (Wildman–Crippen LogP) is 6.02. The average molecular weight is 508 g/mol. The number of carbonyl (C=O) groups is 2. The minimum Gasteiger partial charge on any atom is -0.494 e. The van der Waals surface area contributed by atoms with Gasteiger partial charge in [-0.05, 0) is 54.3 Å². The van der Waals surface area contributed by atoms with Gasteiger partial charge in [0.2, 0.25) is 5.91 Å². The van der Waals surface area contributed by atoms with Gasteiger partial charge in [0.15, 0.2) is 0 Å². The molecule has 0 saturated heterocycles. The topological polar surface area (TPSA) is 70.7 Å². The van der Waals surface area contributed by atoms with Crippen LogP contribution in [0.4, 0.5) is 11.4 Å². The molecule has 38 heavy (non-hydrogen) atoms. The molecular formula is C32H33N3O3. The van der Waals surface area contributed by atoms with Crippen LogP contribution in [-0.4, -0.2) is 36.9 Å². The lowest BCUT2D eigenvalue weighted by molar-refractivity contribution is -0.114. The molecule has 0 aliphatic carbocycles. The molecule has 2 amide bonds. The van der Waals surface area contributed by atoms with Crippen molar-refractivity contribution in [2.24, 2.45) is 0 Å². The zero-order valence-electron chi connectivity index (χ0n) is 21.6. The van der Waals surface area contributed by atoms with E-state index in [0.717, 1.165) is 29.8 Å². The zero-order valence-corrected chi connectivity index (χ0v) is 21.6. The second-order valence-electron chi connectivity index (χ2n) is 9.09. The Balaban J connectivity index is 1.23. The fourth-order valence-corrected chi connectivity index (χ4v) is 4.07. The van der Waals surface area contributed by atoms with Crippen molar-refractivity contribution >= 4 is 23.2 Å². The molecule has 0 radical (unpaired) electrons. The SMILES string of the molecule is CN(Cc1ccccc1)C(=O)c1cccc(NC(=O)CNc2cccc(OCCCc3ccccc3)c2)c1. The first-order valence-corrected chi connectivity index (χ1v) is 12.8. The summed E-state index contributed by atoms with van der Waals surface area (Å²) in [5, 5.41) is 6.00. The molecule has 4 aromatic carbocycles. The van der Waals surface area contributed by atoms with Gasteiger partial charge in [-0.25, -0.2) is 0 Å². The summed E-state index contributed by atoms with van der Waals surface area (Å²) in [6, 6.07) is 34.8. The monoisotopic (exact) mass is 507 g/mol. The van der Waals surface area contributed by atoms with Crippen LogP contribution in [0.5, 0.6) is 5.75 Å². The number of nitrogens with one attached hydrogen (secondary N) is 2. The summed E-state index contributed by atoms with van der Waals surface area (Å²) >= 11 is 0. The number of hydrogen-bond acceptors (Lipinski definition) is 4. The standard InChI is InChI=1S/C32H33N3O3/c1-35(24-26-13-6-3-7-14-26)32(37)27-16-8-18-29(21-27)34-31(36)23-33-28-17-9-19-30(22-28)38-20-10-15-25-11-4-2-5-12-25/h2-9,11-14,16-19,21-22,33H,10,15,20,23-24H2,1H3,(H,34,36). The maximum absolute atomic E-state index is 12.9. The van der Waals surface area contributed by atoms with Crippen molar-refractivity contribution in [2.75, 3.05) is 30.8 Å². The van der Waals surface area contributed by atoms with Crippen molar-refractivity contribution in [1.29, 1.82) is 0 Å². The smallest absolute Gasteiger partial charge is 0.253 e. The number of anilines is 2. The van der Waals surface area contributed by atoms with Gasteiger partial charge in [-0.3, -0.25) is 9.59 Å². The van der Waals surface area contributed by atoms with Gasteiger partial charge in [0.25, 0.3) is 5.91 Å². The minimum absolute atomic E-state index is 0.0868. The molecule has 0 aromatic heterocycles. The Labute approximate surface area is 224 Å². The molecular weight excluding hydrogens is 474 g/mol. The highest BCUT2D eigenvalue weighted by Crippen LogP contribution is 2.18. The summed E-state index contributed by atoms with van der Waals surface area (Å²) < 4.78 is 5.89. The first kappa shape index (κ1) is 26.5. The summed E-state index contributed by atoms with van der Waals surface area (Å²) in [5.41, 5.74) is 4.25. The molecule has 6 nitrogen and oxygen atoms in total. The van der Waals surface area contributed by atoms with Crippen LogP contribution in [0.15, 0.2) is 109 Å². The molecule has 0 aliphatic rings. The summed E-state index contributed by atoms with van der Waals surface area (Å²) in [6.07, 6.45) is 1.89. The second-order valence-corrected chi connectivity index (χ2v) is 9.09. The van der Waals surface area contributed by atoms with Crippen LogP contribution in [0.1, 0.15) is 27.9 Å². The van der Waals surface area contributed by atoms with Crippen molar-refractivity contribution in [2.45, 2.75) is 19.4 Å². The van der Waals surface area contributed by atoms with Gasteiger partial charge in [-0.2, -0.15) is 0 Å². The Morgan fingerprint density at radius 3 is 2.21 bits per heavy atom. The lowest BCUT2D eigenvalue weighted by atomic mass is 10.1. The van der Waals surface area contributed by atoms with E-state index in [-0.39, 0.29) is 18.4 Å². The van der Waals surface area contributed by atoms with Gasteiger partial charge in [-0.15, -0.1) is 0 Å². The molecule has 0 heterocycles. The lowest BCUT2D eigenvalue weighted by Crippen LogP contribution is -2.26. The van der Waals surface area contributed by atoms with E-state index in [0.29, 0.717) is 24.4 Å². The Morgan fingerprint density at radius 2 is 1.45 bits per heavy atom. The van der Waals surface area contributed by atoms with E-state index in [2.05, 4.69) is 22.8 Å². The normalized spacial score (nSPS) is 10.4. The van der Waals surface area contributed by atoms with Gasteiger partial charge < -0.3 is 20.3 Å². The van der Waals surface area contributed by atoms with Crippen LogP contribution < -0.4 is 15.4 Å². The fraction of sp³-hybridized carbons (Fsp3) is 0.188. The number of rotatable bonds is 12. The molecule has 0 aliphatic heterocycles. The average Bonchev–Trinajstić information content (AvgIpc) is 2.95. The third kappa shape index (κ3) is 8.23. The van der Waals surface area contributed by atoms with E-state index in [4.69, 9.17) is 4.74 Å². The Kier molecular flexibility index (Phi) is 9.51. The van der Waals surface area contributed by atoms with Crippen LogP contribution in [0.25, 0.3) is 0 Å². The van der Waals surface area contributed by atoms with E-state index in [9.17, 15) is 9.59 Å². The molecule has 0 spiro atoms. The third-order valence-electron chi connectivity index (χ3n) is 6.01. The fourth-order valence-electron chi connectivity index (χ4n) is 4.07. The Bertz CT molecular complexity index is 1330. The molecule has 0 unspecified atom stereocenters. The van der Waals surface area contributed by atoms with Gasteiger partial charge in [0, 0.05) is 36.6 Å².